The summed E-state index contributed by atoms with van der Waals surface area (Å²) < 4.78 is 0. The summed E-state index contributed by atoms with van der Waals surface area (Å²) in [6.07, 6.45) is -0.0833. The molecular formula is C6H12N2O4Pt. The largest absolute Gasteiger partial charge is 2.00 e. The van der Waals surface area contributed by atoms with Gasteiger partial charge in [-0.2, -0.15) is 0 Å². The Kier molecular flexibility index (Phi) is 19.9. The number of rotatable bonds is 4. The Labute approximate surface area is 90.5 Å². The summed E-state index contributed by atoms with van der Waals surface area (Å²) in [6.45, 7) is 1.44. The van der Waals surface area contributed by atoms with E-state index in [1.165, 1.54) is 0 Å². The van der Waals surface area contributed by atoms with Crippen molar-refractivity contribution in [1.82, 2.24) is 0 Å². The first kappa shape index (κ1) is 18.4. The third-order valence-electron chi connectivity index (χ3n) is 0.697. The molecule has 80 valence electrons. The van der Waals surface area contributed by atoms with Crippen LogP contribution in [-0.4, -0.2) is 25.0 Å². The van der Waals surface area contributed by atoms with Gasteiger partial charge in [0.25, 0.3) is 0 Å². The number of hydrogen-bond donors (Lipinski definition) is 2. The summed E-state index contributed by atoms with van der Waals surface area (Å²) >= 11 is 0. The second-order valence-electron chi connectivity index (χ2n) is 1.85. The second kappa shape index (κ2) is 14.1. The molecule has 0 saturated heterocycles. The van der Waals surface area contributed by atoms with Crippen molar-refractivity contribution < 1.29 is 40.9 Å². The molecule has 0 spiro atoms. The first-order valence-corrected chi connectivity index (χ1v) is 3.34. The van der Waals surface area contributed by atoms with Gasteiger partial charge in [0.1, 0.15) is 0 Å². The van der Waals surface area contributed by atoms with Crippen molar-refractivity contribution in [1.29, 1.82) is 0 Å². The van der Waals surface area contributed by atoms with Crippen molar-refractivity contribution in [2.75, 3.05) is 13.1 Å². The van der Waals surface area contributed by atoms with Crippen molar-refractivity contribution in [2.24, 2.45) is 11.5 Å². The maximum absolute atomic E-state index is 9.28. The Hall–Kier alpha value is -0.452. The molecule has 0 saturated carbocycles. The van der Waals surface area contributed by atoms with Crippen LogP contribution in [0.4, 0.5) is 0 Å². The SMILES string of the molecule is NCCCN.O=C([O-])CC(=O)[O-].[Pt+2]. The van der Waals surface area contributed by atoms with Gasteiger partial charge < -0.3 is 31.3 Å². The molecule has 0 amide bonds. The van der Waals surface area contributed by atoms with E-state index in [2.05, 4.69) is 0 Å². The number of aliphatic carboxylic acids is 2. The summed E-state index contributed by atoms with van der Waals surface area (Å²) in [4.78, 5) is 18.6. The first-order valence-electron chi connectivity index (χ1n) is 3.34. The number of carbonyl (C=O) groups is 2. The van der Waals surface area contributed by atoms with Crippen LogP contribution in [0.15, 0.2) is 0 Å². The fraction of sp³-hybridized carbons (Fsp3) is 0.667. The van der Waals surface area contributed by atoms with Gasteiger partial charge in [0, 0.05) is 18.4 Å². The van der Waals surface area contributed by atoms with Gasteiger partial charge in [-0.05, 0) is 19.5 Å². The van der Waals surface area contributed by atoms with Crippen molar-refractivity contribution in [2.45, 2.75) is 12.8 Å². The van der Waals surface area contributed by atoms with Crippen LogP contribution in [0, 0.1) is 0 Å². The molecule has 0 aromatic rings. The Balaban J connectivity index is -0.000000150. The standard InChI is InChI=1S/C3H10N2.C3H4O4.Pt/c4-2-1-3-5;4-2(5)1-3(6)7;/h1-5H2;1H2,(H,4,5)(H,6,7);/q;;+2/p-2. The number of carboxylic acid groups (broad SMARTS) is 2. The van der Waals surface area contributed by atoms with Crippen molar-refractivity contribution in [3.8, 4) is 0 Å². The quantitative estimate of drug-likeness (QED) is 0.487. The van der Waals surface area contributed by atoms with Gasteiger partial charge in [-0.3, -0.25) is 0 Å². The molecule has 13 heavy (non-hydrogen) atoms. The molecule has 0 fully saturated rings. The number of hydrogen-bond acceptors (Lipinski definition) is 6. The molecule has 7 heteroatoms. The minimum absolute atomic E-state index is 0. The van der Waals surface area contributed by atoms with E-state index in [0.29, 0.717) is 0 Å². The minimum Gasteiger partial charge on any atom is -0.550 e. The zero-order valence-electron chi connectivity index (χ0n) is 6.93. The molecule has 0 aromatic heterocycles. The van der Waals surface area contributed by atoms with Crippen molar-refractivity contribution in [3.63, 3.8) is 0 Å². The third kappa shape index (κ3) is 34.2. The van der Waals surface area contributed by atoms with Gasteiger partial charge >= 0.3 is 21.1 Å². The molecule has 0 aliphatic heterocycles. The average molecular weight is 371 g/mol. The van der Waals surface area contributed by atoms with E-state index >= 15 is 0 Å². The van der Waals surface area contributed by atoms with Gasteiger partial charge in [-0.15, -0.1) is 0 Å². The van der Waals surface area contributed by atoms with E-state index in [-0.39, 0.29) is 21.1 Å². The third-order valence-corrected chi connectivity index (χ3v) is 0.697. The molecule has 0 aliphatic carbocycles. The predicted octanol–water partition coefficient (Wildman–Crippen LogP) is -3.83. The monoisotopic (exact) mass is 371 g/mol. The molecule has 0 atom stereocenters. The number of nitrogens with two attached hydrogens (primary N) is 2. The van der Waals surface area contributed by atoms with Gasteiger partial charge in [0.15, 0.2) is 0 Å². The van der Waals surface area contributed by atoms with E-state index in [0.717, 1.165) is 19.5 Å². The number of carbonyl (C=O) groups excluding carboxylic acids is 2. The summed E-state index contributed by atoms with van der Waals surface area (Å²) in [7, 11) is 0. The van der Waals surface area contributed by atoms with Gasteiger partial charge in [-0.25, -0.2) is 0 Å². The molecule has 0 heterocycles. The normalized spacial score (nSPS) is 7.54. The zero-order chi connectivity index (χ0) is 9.98. The Morgan fingerprint density at radius 3 is 1.31 bits per heavy atom. The summed E-state index contributed by atoms with van der Waals surface area (Å²) in [5, 5.41) is 18.6. The Morgan fingerprint density at radius 2 is 1.31 bits per heavy atom. The Morgan fingerprint density at radius 1 is 1.00 bits per heavy atom. The smallest absolute Gasteiger partial charge is 0.550 e. The van der Waals surface area contributed by atoms with Crippen LogP contribution in [0.1, 0.15) is 12.8 Å². The fourth-order valence-corrected chi connectivity index (χ4v) is 0.236. The van der Waals surface area contributed by atoms with E-state index in [4.69, 9.17) is 11.5 Å². The molecule has 0 aromatic carbocycles. The van der Waals surface area contributed by atoms with E-state index in [1.807, 2.05) is 0 Å². The molecular weight excluding hydrogens is 359 g/mol. The van der Waals surface area contributed by atoms with Gasteiger partial charge in [0.05, 0.1) is 0 Å². The van der Waals surface area contributed by atoms with Crippen LogP contribution in [0.3, 0.4) is 0 Å². The summed E-state index contributed by atoms with van der Waals surface area (Å²) in [5.74, 6) is -3.25. The minimum atomic E-state index is -1.63. The van der Waals surface area contributed by atoms with Gasteiger partial charge in [-0.1, -0.05) is 0 Å². The molecule has 0 radical (unpaired) electrons. The molecule has 0 rings (SSSR count). The molecule has 6 nitrogen and oxygen atoms in total. The van der Waals surface area contributed by atoms with Crippen LogP contribution in [0.2, 0.25) is 0 Å². The summed E-state index contributed by atoms with van der Waals surface area (Å²) in [5.41, 5.74) is 10.1. The molecule has 4 N–H and O–H groups in total. The summed E-state index contributed by atoms with van der Waals surface area (Å²) in [6, 6.07) is 0. The van der Waals surface area contributed by atoms with Crippen molar-refractivity contribution in [3.05, 3.63) is 0 Å². The number of carboxylic acids is 2. The maximum Gasteiger partial charge on any atom is 2.00 e. The molecule has 0 aliphatic rings. The fourth-order valence-electron chi connectivity index (χ4n) is 0.236. The Bertz CT molecular complexity index is 129. The van der Waals surface area contributed by atoms with Crippen LogP contribution < -0.4 is 21.7 Å². The van der Waals surface area contributed by atoms with Crippen LogP contribution >= 0.6 is 0 Å². The molecule has 0 unspecified atom stereocenters. The maximum atomic E-state index is 9.28. The molecule has 0 bridgehead atoms. The van der Waals surface area contributed by atoms with E-state index in [1.54, 1.807) is 0 Å². The van der Waals surface area contributed by atoms with Crippen LogP contribution in [0.5, 0.6) is 0 Å². The second-order valence-corrected chi connectivity index (χ2v) is 1.85. The predicted molar refractivity (Wildman–Crippen MR) is 37.4 cm³/mol. The van der Waals surface area contributed by atoms with Crippen LogP contribution in [0.25, 0.3) is 0 Å². The average Bonchev–Trinajstić information content (AvgIpc) is 1.87. The van der Waals surface area contributed by atoms with Gasteiger partial charge in [0.2, 0.25) is 0 Å². The topological polar surface area (TPSA) is 132 Å². The van der Waals surface area contributed by atoms with E-state index < -0.39 is 18.4 Å². The first-order chi connectivity index (χ1) is 5.54. The zero-order valence-corrected chi connectivity index (χ0v) is 9.20. The van der Waals surface area contributed by atoms with E-state index in [9.17, 15) is 19.8 Å². The van der Waals surface area contributed by atoms with Crippen molar-refractivity contribution >= 4 is 11.9 Å². The van der Waals surface area contributed by atoms with Crippen LogP contribution in [-0.2, 0) is 30.7 Å².